The van der Waals surface area contributed by atoms with Crippen molar-refractivity contribution in [1.82, 2.24) is 14.4 Å². The van der Waals surface area contributed by atoms with Crippen molar-refractivity contribution in [3.63, 3.8) is 0 Å². The van der Waals surface area contributed by atoms with Crippen LogP contribution < -0.4 is 0 Å². The molecule has 5 rings (SSSR count). The number of para-hydroxylation sites is 2. The minimum absolute atomic E-state index is 0.0238. The number of ketones is 1. The molecule has 1 N–H and O–H groups in total. The van der Waals surface area contributed by atoms with Gasteiger partial charge < -0.3 is 14.7 Å². The van der Waals surface area contributed by atoms with Gasteiger partial charge in [-0.05, 0) is 39.0 Å². The first-order valence-corrected chi connectivity index (χ1v) is 11.5. The third-order valence-electron chi connectivity index (χ3n) is 6.14. The topological polar surface area (TPSA) is 87.4 Å². The van der Waals surface area contributed by atoms with Crippen molar-refractivity contribution in [1.29, 1.82) is 0 Å². The number of carbonyl (C=O) groups excluding carboxylic acids is 2. The van der Waals surface area contributed by atoms with Gasteiger partial charge in [0.2, 0.25) is 11.7 Å². The van der Waals surface area contributed by atoms with Gasteiger partial charge in [0.05, 0.1) is 23.4 Å². The number of nitrogens with zero attached hydrogens (tertiary/aromatic N) is 4. The van der Waals surface area contributed by atoms with Gasteiger partial charge in [-0.25, -0.2) is 9.79 Å². The third-order valence-corrected chi connectivity index (χ3v) is 6.14. The van der Waals surface area contributed by atoms with Crippen LogP contribution in [0.25, 0.3) is 10.9 Å². The van der Waals surface area contributed by atoms with Crippen LogP contribution in [0.2, 0.25) is 0 Å². The first kappa shape index (κ1) is 22.2. The van der Waals surface area contributed by atoms with E-state index in [9.17, 15) is 14.7 Å². The van der Waals surface area contributed by atoms with Crippen LogP contribution in [0.4, 0.5) is 10.5 Å². The highest BCUT2D eigenvalue weighted by molar-refractivity contribution is 6.56. The minimum Gasteiger partial charge on any atom is -0.494 e. The molecule has 1 aromatic heterocycles. The van der Waals surface area contributed by atoms with Crippen molar-refractivity contribution in [2.24, 2.45) is 4.99 Å². The van der Waals surface area contributed by atoms with Crippen LogP contribution in [0.1, 0.15) is 36.7 Å². The lowest BCUT2D eigenvalue weighted by molar-refractivity contribution is 0.0117. The van der Waals surface area contributed by atoms with E-state index in [1.165, 1.54) is 0 Å². The largest absolute Gasteiger partial charge is 0.494 e. The fourth-order valence-corrected chi connectivity index (χ4v) is 4.50. The van der Waals surface area contributed by atoms with Gasteiger partial charge in [-0.3, -0.25) is 14.3 Å². The number of fused-ring (bicyclic) bond motifs is 2. The van der Waals surface area contributed by atoms with E-state index in [4.69, 9.17) is 4.74 Å². The second kappa shape index (κ2) is 8.29. The van der Waals surface area contributed by atoms with Crippen LogP contribution in [0.15, 0.2) is 53.5 Å². The predicted octanol–water partition coefficient (Wildman–Crippen LogP) is 4.17. The lowest BCUT2D eigenvalue weighted by Crippen LogP contribution is -2.50. The molecule has 0 saturated carbocycles. The monoisotopic (exact) mass is 460 g/mol. The van der Waals surface area contributed by atoms with Crippen LogP contribution in [0.3, 0.4) is 0 Å². The quantitative estimate of drug-likeness (QED) is 0.634. The molecule has 0 atom stereocenters. The summed E-state index contributed by atoms with van der Waals surface area (Å²) in [7, 11) is 0. The standard InChI is InChI=1S/C26H28N4O4/c1-26(2,3)34-25(33)29-14-12-28(13-15-29)16-30-20-11-7-5-9-18(20)21(24(30)32)22-23(31)17-8-4-6-10-19(17)27-22/h4-11,32H,12-16H2,1-3H3. The number of ether oxygens (including phenoxy) is 1. The molecule has 1 fully saturated rings. The Balaban J connectivity index is 1.40. The van der Waals surface area contributed by atoms with Gasteiger partial charge in [0.1, 0.15) is 11.3 Å². The number of aromatic nitrogens is 1. The van der Waals surface area contributed by atoms with Crippen molar-refractivity contribution in [3.05, 3.63) is 59.7 Å². The Morgan fingerprint density at radius 2 is 1.71 bits per heavy atom. The predicted molar refractivity (Wildman–Crippen MR) is 130 cm³/mol. The maximum Gasteiger partial charge on any atom is 0.410 e. The van der Waals surface area contributed by atoms with Crippen LogP contribution >= 0.6 is 0 Å². The summed E-state index contributed by atoms with van der Waals surface area (Å²) in [5.41, 5.74) is 2.20. The number of Topliss-reactive ketones (excluding diaryl/α,β-unsaturated/α-hetero) is 1. The maximum absolute atomic E-state index is 13.1. The summed E-state index contributed by atoms with van der Waals surface area (Å²) < 4.78 is 7.29. The fraction of sp³-hybridized carbons (Fsp3) is 0.346. The summed E-state index contributed by atoms with van der Waals surface area (Å²) in [6, 6.07) is 14.9. The first-order valence-electron chi connectivity index (χ1n) is 11.5. The lowest BCUT2D eigenvalue weighted by atomic mass is 10.0. The molecular weight excluding hydrogens is 432 g/mol. The molecule has 0 radical (unpaired) electrons. The second-order valence-corrected chi connectivity index (χ2v) is 9.68. The number of hydrogen-bond donors (Lipinski definition) is 1. The second-order valence-electron chi connectivity index (χ2n) is 9.68. The highest BCUT2D eigenvalue weighted by Crippen LogP contribution is 2.37. The SMILES string of the molecule is CC(C)(C)OC(=O)N1CCN(Cn2c(O)c(C3=Nc4ccccc4C3=O)c3ccccc32)CC1. The summed E-state index contributed by atoms with van der Waals surface area (Å²) >= 11 is 0. The number of hydrogen-bond acceptors (Lipinski definition) is 6. The summed E-state index contributed by atoms with van der Waals surface area (Å²) in [5, 5.41) is 12.1. The van der Waals surface area contributed by atoms with E-state index in [1.54, 1.807) is 17.0 Å². The normalized spacial score (nSPS) is 16.6. The van der Waals surface area contributed by atoms with E-state index in [0.717, 1.165) is 10.9 Å². The maximum atomic E-state index is 13.1. The molecular formula is C26H28N4O4. The van der Waals surface area contributed by atoms with Gasteiger partial charge in [-0.1, -0.05) is 30.3 Å². The molecule has 176 valence electrons. The molecule has 0 bridgehead atoms. The Hall–Kier alpha value is -3.65. The molecule has 2 aliphatic rings. The Morgan fingerprint density at radius 3 is 2.41 bits per heavy atom. The zero-order chi connectivity index (χ0) is 24.0. The zero-order valence-corrected chi connectivity index (χ0v) is 19.6. The average molecular weight is 461 g/mol. The Labute approximate surface area is 198 Å². The molecule has 1 amide bonds. The van der Waals surface area contributed by atoms with Gasteiger partial charge in [-0.15, -0.1) is 0 Å². The van der Waals surface area contributed by atoms with Crippen molar-refractivity contribution >= 4 is 34.2 Å². The molecule has 2 aliphatic heterocycles. The van der Waals surface area contributed by atoms with E-state index < -0.39 is 5.60 Å². The van der Waals surface area contributed by atoms with E-state index in [2.05, 4.69) is 9.89 Å². The zero-order valence-electron chi connectivity index (χ0n) is 19.6. The molecule has 8 heteroatoms. The molecule has 34 heavy (non-hydrogen) atoms. The number of piperazine rings is 1. The highest BCUT2D eigenvalue weighted by Gasteiger charge is 2.32. The van der Waals surface area contributed by atoms with Crippen molar-refractivity contribution in [2.75, 3.05) is 26.2 Å². The van der Waals surface area contributed by atoms with E-state index in [1.807, 2.05) is 61.7 Å². The number of benzene rings is 2. The summed E-state index contributed by atoms with van der Waals surface area (Å²) in [4.78, 5) is 33.9. The van der Waals surface area contributed by atoms with Crippen molar-refractivity contribution < 1.29 is 19.4 Å². The Bertz CT molecular complexity index is 1310. The number of carbonyl (C=O) groups is 2. The molecule has 0 unspecified atom stereocenters. The number of rotatable bonds is 3. The van der Waals surface area contributed by atoms with E-state index in [-0.39, 0.29) is 23.5 Å². The summed E-state index contributed by atoms with van der Waals surface area (Å²) in [6.45, 7) is 8.38. The van der Waals surface area contributed by atoms with Gasteiger partial charge in [-0.2, -0.15) is 0 Å². The third kappa shape index (κ3) is 3.94. The lowest BCUT2D eigenvalue weighted by Gasteiger charge is -2.35. The molecule has 1 saturated heterocycles. The smallest absolute Gasteiger partial charge is 0.410 e. The van der Waals surface area contributed by atoms with Crippen LogP contribution in [0.5, 0.6) is 5.88 Å². The van der Waals surface area contributed by atoms with Crippen LogP contribution in [-0.2, 0) is 11.4 Å². The van der Waals surface area contributed by atoms with Crippen LogP contribution in [0, 0.1) is 0 Å². The average Bonchev–Trinajstić information content (AvgIpc) is 3.27. The molecule has 8 nitrogen and oxygen atoms in total. The number of amides is 1. The van der Waals surface area contributed by atoms with E-state index >= 15 is 0 Å². The Morgan fingerprint density at radius 1 is 1.03 bits per heavy atom. The molecule has 0 spiro atoms. The first-order chi connectivity index (χ1) is 16.2. The van der Waals surface area contributed by atoms with Gasteiger partial charge in [0, 0.05) is 37.1 Å². The van der Waals surface area contributed by atoms with Crippen molar-refractivity contribution in [2.45, 2.75) is 33.0 Å². The molecule has 0 aliphatic carbocycles. The minimum atomic E-state index is -0.527. The summed E-state index contributed by atoms with van der Waals surface area (Å²) in [6.07, 6.45) is -0.305. The fourth-order valence-electron chi connectivity index (χ4n) is 4.50. The number of aromatic hydroxyl groups is 1. The van der Waals surface area contributed by atoms with Gasteiger partial charge in [0.15, 0.2) is 0 Å². The van der Waals surface area contributed by atoms with Crippen LogP contribution in [-0.4, -0.2) is 68.8 Å². The van der Waals surface area contributed by atoms with Gasteiger partial charge >= 0.3 is 6.09 Å². The Kier molecular flexibility index (Phi) is 5.40. The molecule has 3 aromatic rings. The molecule has 2 aromatic carbocycles. The number of aliphatic imine (C=N–C) groups is 1. The highest BCUT2D eigenvalue weighted by atomic mass is 16.6. The summed E-state index contributed by atoms with van der Waals surface area (Å²) in [5.74, 6) is -0.157. The molecule has 3 heterocycles. The van der Waals surface area contributed by atoms with Crippen molar-refractivity contribution in [3.8, 4) is 5.88 Å². The van der Waals surface area contributed by atoms with E-state index in [0.29, 0.717) is 49.7 Å². The van der Waals surface area contributed by atoms with Gasteiger partial charge in [0.25, 0.3) is 0 Å².